The molecule has 106 valence electrons. The third kappa shape index (κ3) is 4.42. The Kier molecular flexibility index (Phi) is 5.58. The summed E-state index contributed by atoms with van der Waals surface area (Å²) in [5, 5.41) is 0.449. The molecule has 0 saturated carbocycles. The molecule has 1 saturated heterocycles. The molecule has 0 spiro atoms. The van der Waals surface area contributed by atoms with Crippen molar-refractivity contribution in [2.75, 3.05) is 6.61 Å². The van der Waals surface area contributed by atoms with Gasteiger partial charge in [-0.25, -0.2) is 4.39 Å². The van der Waals surface area contributed by atoms with Crippen molar-refractivity contribution in [2.24, 2.45) is 5.84 Å². The Hall–Kier alpha value is -0.680. The Labute approximate surface area is 118 Å². The van der Waals surface area contributed by atoms with E-state index in [9.17, 15) is 4.39 Å². The van der Waals surface area contributed by atoms with Gasteiger partial charge in [0.05, 0.1) is 6.10 Å². The van der Waals surface area contributed by atoms with Crippen molar-refractivity contribution < 1.29 is 9.13 Å². The molecule has 2 atom stereocenters. The van der Waals surface area contributed by atoms with Gasteiger partial charge in [-0.05, 0) is 49.8 Å². The van der Waals surface area contributed by atoms with Gasteiger partial charge in [0, 0.05) is 17.7 Å². The van der Waals surface area contributed by atoms with Crippen LogP contribution in [0.5, 0.6) is 0 Å². The number of nitrogens with one attached hydrogen (secondary N) is 1. The zero-order valence-corrected chi connectivity index (χ0v) is 11.6. The van der Waals surface area contributed by atoms with Crippen LogP contribution in [0.1, 0.15) is 31.2 Å². The van der Waals surface area contributed by atoms with Crippen LogP contribution in [0.25, 0.3) is 0 Å². The fourth-order valence-corrected chi connectivity index (χ4v) is 2.72. The Morgan fingerprint density at radius 2 is 2.32 bits per heavy atom. The van der Waals surface area contributed by atoms with E-state index in [1.54, 1.807) is 6.07 Å². The first-order valence-electron chi connectivity index (χ1n) is 6.70. The van der Waals surface area contributed by atoms with E-state index in [1.807, 2.05) is 0 Å². The number of hydrazine groups is 1. The van der Waals surface area contributed by atoms with Crippen molar-refractivity contribution >= 4 is 11.6 Å². The molecule has 3 nitrogen and oxygen atoms in total. The van der Waals surface area contributed by atoms with E-state index < -0.39 is 0 Å². The van der Waals surface area contributed by atoms with Gasteiger partial charge in [0.25, 0.3) is 0 Å². The van der Waals surface area contributed by atoms with Gasteiger partial charge in [0.1, 0.15) is 5.82 Å². The topological polar surface area (TPSA) is 47.3 Å². The van der Waals surface area contributed by atoms with Crippen molar-refractivity contribution in [2.45, 2.75) is 44.2 Å². The van der Waals surface area contributed by atoms with Gasteiger partial charge in [0.15, 0.2) is 0 Å². The maximum absolute atomic E-state index is 13.0. The second-order valence-electron chi connectivity index (χ2n) is 5.03. The number of hydrogen-bond acceptors (Lipinski definition) is 3. The summed E-state index contributed by atoms with van der Waals surface area (Å²) in [6.07, 6.45) is 5.21. The lowest BCUT2D eigenvalue weighted by Crippen LogP contribution is -2.40. The minimum absolute atomic E-state index is 0.0889. The lowest BCUT2D eigenvalue weighted by atomic mass is 9.97. The molecular weight excluding hydrogens is 267 g/mol. The molecule has 1 fully saturated rings. The van der Waals surface area contributed by atoms with Gasteiger partial charge < -0.3 is 4.74 Å². The van der Waals surface area contributed by atoms with Crippen LogP contribution in [0, 0.1) is 5.82 Å². The quantitative estimate of drug-likeness (QED) is 0.646. The third-order valence-electron chi connectivity index (χ3n) is 3.54. The summed E-state index contributed by atoms with van der Waals surface area (Å²) < 4.78 is 18.7. The van der Waals surface area contributed by atoms with Gasteiger partial charge in [-0.15, -0.1) is 0 Å². The lowest BCUT2D eigenvalue weighted by Gasteiger charge is -2.26. The van der Waals surface area contributed by atoms with Gasteiger partial charge in [-0.3, -0.25) is 11.3 Å². The van der Waals surface area contributed by atoms with Crippen molar-refractivity contribution in [3.8, 4) is 0 Å². The number of halogens is 2. The number of ether oxygens (including phenoxy) is 1. The Balaban J connectivity index is 1.94. The monoisotopic (exact) mass is 286 g/mol. The standard InChI is InChI=1S/C14H20ClFN2O/c15-14-8-11(16)5-4-10(14)7-12(18-17)9-13-3-1-2-6-19-13/h4-5,8,12-13,18H,1-3,6-7,9,17H2. The van der Waals surface area contributed by atoms with Gasteiger partial charge in [-0.1, -0.05) is 17.7 Å². The van der Waals surface area contributed by atoms with Crippen LogP contribution in [0.2, 0.25) is 5.02 Å². The van der Waals surface area contributed by atoms with E-state index in [-0.39, 0.29) is 18.0 Å². The number of rotatable bonds is 5. The van der Waals surface area contributed by atoms with Crippen LogP contribution in [0.3, 0.4) is 0 Å². The minimum atomic E-state index is -0.318. The molecule has 0 bridgehead atoms. The summed E-state index contributed by atoms with van der Waals surface area (Å²) in [5.74, 6) is 5.28. The van der Waals surface area contributed by atoms with Crippen LogP contribution in [-0.4, -0.2) is 18.8 Å². The molecule has 19 heavy (non-hydrogen) atoms. The maximum atomic E-state index is 13.0. The average molecular weight is 287 g/mol. The Morgan fingerprint density at radius 1 is 1.47 bits per heavy atom. The molecule has 2 unspecified atom stereocenters. The highest BCUT2D eigenvalue weighted by Gasteiger charge is 2.19. The van der Waals surface area contributed by atoms with Crippen LogP contribution < -0.4 is 11.3 Å². The summed E-state index contributed by atoms with van der Waals surface area (Å²) in [4.78, 5) is 0. The Morgan fingerprint density at radius 3 is 2.95 bits per heavy atom. The number of nitrogens with two attached hydrogens (primary N) is 1. The van der Waals surface area contributed by atoms with E-state index >= 15 is 0 Å². The molecule has 1 aliphatic rings. The van der Waals surface area contributed by atoms with Crippen molar-refractivity contribution in [3.05, 3.63) is 34.6 Å². The normalized spacial score (nSPS) is 21.3. The molecular formula is C14H20ClFN2O. The van der Waals surface area contributed by atoms with Crippen molar-refractivity contribution in [1.82, 2.24) is 5.43 Å². The van der Waals surface area contributed by atoms with Gasteiger partial charge in [-0.2, -0.15) is 0 Å². The minimum Gasteiger partial charge on any atom is -0.378 e. The average Bonchev–Trinajstić information content (AvgIpc) is 2.42. The highest BCUT2D eigenvalue weighted by Crippen LogP contribution is 2.22. The van der Waals surface area contributed by atoms with Crippen LogP contribution in [0.15, 0.2) is 18.2 Å². The third-order valence-corrected chi connectivity index (χ3v) is 3.89. The highest BCUT2D eigenvalue weighted by molar-refractivity contribution is 6.31. The molecule has 3 N–H and O–H groups in total. The fraction of sp³-hybridized carbons (Fsp3) is 0.571. The van der Waals surface area contributed by atoms with E-state index in [0.717, 1.165) is 31.4 Å². The zero-order valence-electron chi connectivity index (χ0n) is 10.9. The molecule has 5 heteroatoms. The van der Waals surface area contributed by atoms with E-state index in [4.69, 9.17) is 22.2 Å². The largest absolute Gasteiger partial charge is 0.378 e. The maximum Gasteiger partial charge on any atom is 0.124 e. The second kappa shape index (κ2) is 7.20. The predicted octanol–water partition coefficient (Wildman–Crippen LogP) is 2.81. The molecule has 2 rings (SSSR count). The molecule has 0 radical (unpaired) electrons. The molecule has 0 aromatic heterocycles. The second-order valence-corrected chi connectivity index (χ2v) is 5.43. The molecule has 1 heterocycles. The molecule has 0 amide bonds. The van der Waals surface area contributed by atoms with Crippen molar-refractivity contribution in [1.29, 1.82) is 0 Å². The first-order chi connectivity index (χ1) is 9.19. The SMILES string of the molecule is NNC(Cc1ccc(F)cc1Cl)CC1CCCCO1. The predicted molar refractivity (Wildman–Crippen MR) is 74.4 cm³/mol. The molecule has 1 aromatic carbocycles. The summed E-state index contributed by atoms with van der Waals surface area (Å²) in [5.41, 5.74) is 3.71. The first-order valence-corrected chi connectivity index (χ1v) is 7.08. The van der Waals surface area contributed by atoms with Crippen LogP contribution in [0.4, 0.5) is 4.39 Å². The molecule has 1 aliphatic heterocycles. The highest BCUT2D eigenvalue weighted by atomic mass is 35.5. The van der Waals surface area contributed by atoms with E-state index in [0.29, 0.717) is 11.4 Å². The smallest absolute Gasteiger partial charge is 0.124 e. The summed E-state index contributed by atoms with van der Waals surface area (Å²) >= 11 is 6.03. The Bertz CT molecular complexity index is 410. The van der Waals surface area contributed by atoms with E-state index in [2.05, 4.69) is 5.43 Å². The summed E-state index contributed by atoms with van der Waals surface area (Å²) in [6, 6.07) is 4.56. The zero-order chi connectivity index (χ0) is 13.7. The molecule has 1 aromatic rings. The lowest BCUT2D eigenvalue weighted by molar-refractivity contribution is 0.00524. The number of benzene rings is 1. The summed E-state index contributed by atoms with van der Waals surface area (Å²) in [7, 11) is 0. The number of hydrogen-bond donors (Lipinski definition) is 2. The fourth-order valence-electron chi connectivity index (χ4n) is 2.47. The first kappa shape index (κ1) is 14.7. The summed E-state index contributed by atoms with van der Waals surface area (Å²) in [6.45, 7) is 0.833. The van der Waals surface area contributed by atoms with Gasteiger partial charge >= 0.3 is 0 Å². The van der Waals surface area contributed by atoms with Gasteiger partial charge in [0.2, 0.25) is 0 Å². The molecule has 0 aliphatic carbocycles. The van der Waals surface area contributed by atoms with E-state index in [1.165, 1.54) is 18.6 Å². The van der Waals surface area contributed by atoms with Crippen LogP contribution in [-0.2, 0) is 11.2 Å². The van der Waals surface area contributed by atoms with Crippen LogP contribution >= 0.6 is 11.6 Å². The van der Waals surface area contributed by atoms with Crippen molar-refractivity contribution in [3.63, 3.8) is 0 Å².